The van der Waals surface area contributed by atoms with Crippen molar-refractivity contribution in [1.82, 2.24) is 10.2 Å². The maximum Gasteiger partial charge on any atom is 0.264 e. The molecule has 0 spiro atoms. The zero-order valence-corrected chi connectivity index (χ0v) is 23.9. The lowest BCUT2D eigenvalue weighted by atomic mass is 10.1. The van der Waals surface area contributed by atoms with Crippen molar-refractivity contribution in [2.24, 2.45) is 0 Å². The van der Waals surface area contributed by atoms with E-state index in [1.165, 1.54) is 29.2 Å². The molecule has 0 radical (unpaired) electrons. The van der Waals surface area contributed by atoms with E-state index < -0.39 is 28.5 Å². The second-order valence-electron chi connectivity index (χ2n) is 8.79. The molecule has 1 N–H and O–H groups in total. The van der Waals surface area contributed by atoms with E-state index in [1.54, 1.807) is 32.0 Å². The fourth-order valence-corrected chi connectivity index (χ4v) is 5.80. The van der Waals surface area contributed by atoms with E-state index >= 15 is 0 Å². The minimum atomic E-state index is -4.22. The van der Waals surface area contributed by atoms with Crippen LogP contribution >= 0.6 is 23.2 Å². The predicted octanol–water partition coefficient (Wildman–Crippen LogP) is 5.09. The van der Waals surface area contributed by atoms with Crippen LogP contribution in [0.1, 0.15) is 25.0 Å². The first-order chi connectivity index (χ1) is 18.1. The Bertz CT molecular complexity index is 1370. The molecule has 0 saturated carbocycles. The van der Waals surface area contributed by atoms with E-state index in [0.717, 1.165) is 15.4 Å². The number of nitrogens with zero attached hydrogens (tertiary/aromatic N) is 2. The van der Waals surface area contributed by atoms with E-state index in [-0.39, 0.29) is 33.1 Å². The summed E-state index contributed by atoms with van der Waals surface area (Å²) >= 11 is 12.7. The minimum Gasteiger partial charge on any atom is -0.355 e. The van der Waals surface area contributed by atoms with E-state index in [0.29, 0.717) is 13.0 Å². The van der Waals surface area contributed by atoms with Crippen molar-refractivity contribution in [3.8, 4) is 0 Å². The van der Waals surface area contributed by atoms with Gasteiger partial charge in [0.25, 0.3) is 10.0 Å². The van der Waals surface area contributed by atoms with E-state index in [1.807, 2.05) is 37.3 Å². The van der Waals surface area contributed by atoms with Gasteiger partial charge in [0.15, 0.2) is 0 Å². The average Bonchev–Trinajstić information content (AvgIpc) is 2.90. The van der Waals surface area contributed by atoms with Crippen LogP contribution in [0.4, 0.5) is 5.69 Å². The number of likely N-dealkylation sites (N-methyl/N-ethyl adjacent to an activating group) is 1. The fraction of sp³-hybridized carbons (Fsp3) is 0.286. The summed E-state index contributed by atoms with van der Waals surface area (Å²) in [5, 5.41) is 2.89. The number of aryl methyl sites for hydroxylation is 1. The Balaban J connectivity index is 2.02. The number of carbonyl (C=O) groups is 2. The lowest BCUT2D eigenvalue weighted by molar-refractivity contribution is -0.138. The van der Waals surface area contributed by atoms with Gasteiger partial charge in [-0.25, -0.2) is 8.42 Å². The topological polar surface area (TPSA) is 86.8 Å². The summed E-state index contributed by atoms with van der Waals surface area (Å²) in [6.07, 6.45) is 0.485. The summed E-state index contributed by atoms with van der Waals surface area (Å²) < 4.78 is 28.6. The average molecular weight is 577 g/mol. The van der Waals surface area contributed by atoms with Crippen LogP contribution in [-0.4, -0.2) is 50.8 Å². The maximum atomic E-state index is 13.8. The lowest BCUT2D eigenvalue weighted by Crippen LogP contribution is -2.52. The van der Waals surface area contributed by atoms with Crippen molar-refractivity contribution in [1.29, 1.82) is 0 Å². The molecular weight excluding hydrogens is 545 g/mol. The van der Waals surface area contributed by atoms with Crippen molar-refractivity contribution >= 4 is 50.7 Å². The highest BCUT2D eigenvalue weighted by Crippen LogP contribution is 2.35. The van der Waals surface area contributed by atoms with Crippen LogP contribution in [0.15, 0.2) is 77.7 Å². The van der Waals surface area contributed by atoms with E-state index in [4.69, 9.17) is 23.2 Å². The Morgan fingerprint density at radius 2 is 1.61 bits per heavy atom. The molecule has 0 bridgehead atoms. The largest absolute Gasteiger partial charge is 0.355 e. The Labute approximate surface area is 234 Å². The lowest BCUT2D eigenvalue weighted by Gasteiger charge is -2.32. The number of anilines is 1. The number of nitrogens with one attached hydrogen (secondary N) is 1. The number of hydrogen-bond donors (Lipinski definition) is 1. The number of benzene rings is 3. The molecule has 0 aromatic heterocycles. The summed E-state index contributed by atoms with van der Waals surface area (Å²) in [4.78, 5) is 27.9. The molecule has 202 valence electrons. The number of amides is 2. The van der Waals surface area contributed by atoms with Crippen molar-refractivity contribution in [2.75, 3.05) is 23.9 Å². The molecule has 1 atom stereocenters. The van der Waals surface area contributed by atoms with Gasteiger partial charge in [-0.05, 0) is 57.0 Å². The number of sulfonamides is 1. The third-order valence-corrected chi connectivity index (χ3v) is 8.67. The number of hydrogen-bond acceptors (Lipinski definition) is 4. The first-order valence-electron chi connectivity index (χ1n) is 12.2. The zero-order chi connectivity index (χ0) is 27.9. The van der Waals surface area contributed by atoms with Crippen LogP contribution in [0.5, 0.6) is 0 Å². The molecule has 38 heavy (non-hydrogen) atoms. The monoisotopic (exact) mass is 575 g/mol. The highest BCUT2D eigenvalue weighted by Gasteiger charge is 2.33. The molecule has 3 rings (SSSR count). The standard InChI is InChI=1S/C28H31Cl2N3O4S/c1-4-31-28(35)21(3)32(18-17-22-9-6-5-7-10-22)26(34)19-33(25-12-8-11-24(29)27(25)30)38(36,37)23-15-13-20(2)14-16-23/h5-16,21H,4,17-19H2,1-3H3,(H,31,35)/t21-/m1/s1. The van der Waals surface area contributed by atoms with Gasteiger partial charge in [-0.15, -0.1) is 0 Å². The van der Waals surface area contributed by atoms with Gasteiger partial charge in [0.05, 0.1) is 20.6 Å². The molecular formula is C28H31Cl2N3O4S. The summed E-state index contributed by atoms with van der Waals surface area (Å²) in [6, 6.07) is 19.6. The molecule has 0 aliphatic rings. The Hall–Kier alpha value is -3.07. The summed E-state index contributed by atoms with van der Waals surface area (Å²) in [5.74, 6) is -0.881. The maximum absolute atomic E-state index is 13.8. The van der Waals surface area contributed by atoms with Crippen molar-refractivity contribution in [3.05, 3.63) is 94.0 Å². The van der Waals surface area contributed by atoms with Gasteiger partial charge in [0.2, 0.25) is 11.8 Å². The summed E-state index contributed by atoms with van der Waals surface area (Å²) in [6.45, 7) is 5.29. The third-order valence-electron chi connectivity index (χ3n) is 6.09. The Kier molecular flexibility index (Phi) is 10.2. The summed E-state index contributed by atoms with van der Waals surface area (Å²) in [7, 11) is -4.22. The first kappa shape index (κ1) is 29.5. The number of halogens is 2. The van der Waals surface area contributed by atoms with Crippen LogP contribution in [0.3, 0.4) is 0 Å². The smallest absolute Gasteiger partial charge is 0.264 e. The highest BCUT2D eigenvalue weighted by molar-refractivity contribution is 7.92. The molecule has 0 aliphatic carbocycles. The molecule has 10 heteroatoms. The van der Waals surface area contributed by atoms with Gasteiger partial charge < -0.3 is 10.2 Å². The van der Waals surface area contributed by atoms with Gasteiger partial charge >= 0.3 is 0 Å². The molecule has 3 aromatic carbocycles. The zero-order valence-electron chi connectivity index (χ0n) is 21.5. The van der Waals surface area contributed by atoms with Gasteiger partial charge in [-0.3, -0.25) is 13.9 Å². The Morgan fingerprint density at radius 1 is 0.947 bits per heavy atom. The van der Waals surface area contributed by atoms with Gasteiger partial charge in [0.1, 0.15) is 12.6 Å². The van der Waals surface area contributed by atoms with Crippen LogP contribution in [0.2, 0.25) is 10.0 Å². The van der Waals surface area contributed by atoms with Crippen LogP contribution in [-0.2, 0) is 26.0 Å². The molecule has 0 aliphatic heterocycles. The van der Waals surface area contributed by atoms with Crippen molar-refractivity contribution in [3.63, 3.8) is 0 Å². The van der Waals surface area contributed by atoms with Gasteiger partial charge in [-0.2, -0.15) is 0 Å². The minimum absolute atomic E-state index is 0.000415. The van der Waals surface area contributed by atoms with Crippen LogP contribution in [0, 0.1) is 6.92 Å². The molecule has 0 unspecified atom stereocenters. The van der Waals surface area contributed by atoms with Crippen molar-refractivity contribution < 1.29 is 18.0 Å². The second-order valence-corrected chi connectivity index (χ2v) is 11.4. The van der Waals surface area contributed by atoms with Crippen molar-refractivity contribution in [2.45, 2.75) is 38.1 Å². The SMILES string of the molecule is CCNC(=O)[C@@H](C)N(CCc1ccccc1)C(=O)CN(c1cccc(Cl)c1Cl)S(=O)(=O)c1ccc(C)cc1. The quantitative estimate of drug-likeness (QED) is 0.345. The number of rotatable bonds is 11. The Morgan fingerprint density at radius 3 is 2.24 bits per heavy atom. The fourth-order valence-electron chi connectivity index (χ4n) is 3.93. The molecule has 7 nitrogen and oxygen atoms in total. The number of carbonyl (C=O) groups excluding carboxylic acids is 2. The predicted molar refractivity (Wildman–Crippen MR) is 152 cm³/mol. The summed E-state index contributed by atoms with van der Waals surface area (Å²) in [5.41, 5.74) is 1.94. The normalized spacial score (nSPS) is 12.0. The van der Waals surface area contributed by atoms with E-state index in [2.05, 4.69) is 5.32 Å². The van der Waals surface area contributed by atoms with Crippen LogP contribution in [0.25, 0.3) is 0 Å². The van der Waals surface area contributed by atoms with Gasteiger partial charge in [0, 0.05) is 13.1 Å². The van der Waals surface area contributed by atoms with Gasteiger partial charge in [-0.1, -0.05) is 77.3 Å². The molecule has 0 fully saturated rings. The molecule has 3 aromatic rings. The first-order valence-corrected chi connectivity index (χ1v) is 14.4. The highest BCUT2D eigenvalue weighted by atomic mass is 35.5. The molecule has 2 amide bonds. The van der Waals surface area contributed by atoms with Crippen LogP contribution < -0.4 is 9.62 Å². The third kappa shape index (κ3) is 7.07. The van der Waals surface area contributed by atoms with E-state index in [9.17, 15) is 18.0 Å². The molecule has 0 saturated heterocycles. The molecule has 0 heterocycles. The second kappa shape index (κ2) is 13.1.